The molecule has 2 heterocycles. The predicted molar refractivity (Wildman–Crippen MR) is 80.5 cm³/mol. The fourth-order valence-corrected chi connectivity index (χ4v) is 2.51. The summed E-state index contributed by atoms with van der Waals surface area (Å²) in [5, 5.41) is 4.23. The van der Waals surface area contributed by atoms with Gasteiger partial charge in [0.2, 0.25) is 0 Å². The van der Waals surface area contributed by atoms with E-state index in [9.17, 15) is 0 Å². The standard InChI is InChI=1S/C15H19N5/c1-3-4-15-18-13-9-11(16)5-6-14(13)20(15)10-12-7-8-17-19(12)2/h5-9H,3-4,10,16H2,1-2H3. The summed E-state index contributed by atoms with van der Waals surface area (Å²) in [6, 6.07) is 7.96. The molecule has 0 amide bonds. The van der Waals surface area contributed by atoms with Crippen LogP contribution in [0.25, 0.3) is 11.0 Å². The molecule has 2 aromatic heterocycles. The van der Waals surface area contributed by atoms with Crippen molar-refractivity contribution in [2.75, 3.05) is 5.73 Å². The van der Waals surface area contributed by atoms with Gasteiger partial charge >= 0.3 is 0 Å². The van der Waals surface area contributed by atoms with E-state index < -0.39 is 0 Å². The number of hydrogen-bond acceptors (Lipinski definition) is 3. The van der Waals surface area contributed by atoms with E-state index in [4.69, 9.17) is 10.7 Å². The minimum absolute atomic E-state index is 0.755. The second-order valence-electron chi connectivity index (χ2n) is 5.06. The van der Waals surface area contributed by atoms with Crippen LogP contribution in [-0.2, 0) is 20.0 Å². The van der Waals surface area contributed by atoms with Gasteiger partial charge in [-0.05, 0) is 30.7 Å². The molecular weight excluding hydrogens is 250 g/mol. The zero-order valence-corrected chi connectivity index (χ0v) is 11.9. The molecule has 0 saturated heterocycles. The van der Waals surface area contributed by atoms with Crippen LogP contribution in [0.3, 0.4) is 0 Å². The number of benzene rings is 1. The van der Waals surface area contributed by atoms with Crippen LogP contribution >= 0.6 is 0 Å². The van der Waals surface area contributed by atoms with Gasteiger partial charge in [-0.3, -0.25) is 4.68 Å². The van der Waals surface area contributed by atoms with Crippen molar-refractivity contribution < 1.29 is 0 Å². The number of anilines is 1. The van der Waals surface area contributed by atoms with E-state index in [-0.39, 0.29) is 0 Å². The molecule has 0 atom stereocenters. The SMILES string of the molecule is CCCc1nc2cc(N)ccc2n1Cc1ccnn1C. The van der Waals surface area contributed by atoms with E-state index in [1.807, 2.05) is 42.2 Å². The summed E-state index contributed by atoms with van der Waals surface area (Å²) in [6.07, 6.45) is 3.86. The fraction of sp³-hybridized carbons (Fsp3) is 0.333. The van der Waals surface area contributed by atoms with Gasteiger partial charge in [-0.1, -0.05) is 6.92 Å². The van der Waals surface area contributed by atoms with Crippen molar-refractivity contribution in [1.29, 1.82) is 0 Å². The van der Waals surface area contributed by atoms with Crippen molar-refractivity contribution in [3.63, 3.8) is 0 Å². The van der Waals surface area contributed by atoms with Crippen molar-refractivity contribution in [2.45, 2.75) is 26.3 Å². The van der Waals surface area contributed by atoms with Crippen LogP contribution < -0.4 is 5.73 Å². The Morgan fingerprint density at radius 3 is 2.80 bits per heavy atom. The largest absolute Gasteiger partial charge is 0.399 e. The summed E-state index contributed by atoms with van der Waals surface area (Å²) in [6.45, 7) is 2.95. The Morgan fingerprint density at radius 1 is 1.25 bits per heavy atom. The van der Waals surface area contributed by atoms with Gasteiger partial charge in [-0.15, -0.1) is 0 Å². The van der Waals surface area contributed by atoms with Gasteiger partial charge in [0, 0.05) is 25.4 Å². The summed E-state index contributed by atoms with van der Waals surface area (Å²) in [7, 11) is 1.96. The number of hydrogen-bond donors (Lipinski definition) is 1. The molecule has 3 rings (SSSR count). The van der Waals surface area contributed by atoms with E-state index in [0.717, 1.165) is 41.9 Å². The van der Waals surface area contributed by atoms with Crippen LogP contribution in [0.5, 0.6) is 0 Å². The molecule has 0 spiro atoms. The van der Waals surface area contributed by atoms with Crippen LogP contribution in [0.4, 0.5) is 5.69 Å². The lowest BCUT2D eigenvalue weighted by molar-refractivity contribution is 0.649. The number of aryl methyl sites for hydroxylation is 2. The number of imidazole rings is 1. The number of rotatable bonds is 4. The lowest BCUT2D eigenvalue weighted by atomic mass is 10.2. The molecule has 0 bridgehead atoms. The fourth-order valence-electron chi connectivity index (χ4n) is 2.51. The third-order valence-corrected chi connectivity index (χ3v) is 3.57. The molecule has 2 N–H and O–H groups in total. The molecule has 3 aromatic rings. The third-order valence-electron chi connectivity index (χ3n) is 3.57. The van der Waals surface area contributed by atoms with Crippen molar-refractivity contribution in [1.82, 2.24) is 19.3 Å². The van der Waals surface area contributed by atoms with Crippen molar-refractivity contribution >= 4 is 16.7 Å². The van der Waals surface area contributed by atoms with E-state index >= 15 is 0 Å². The van der Waals surface area contributed by atoms with Crippen LogP contribution in [-0.4, -0.2) is 19.3 Å². The van der Waals surface area contributed by atoms with E-state index in [0.29, 0.717) is 0 Å². The summed E-state index contributed by atoms with van der Waals surface area (Å²) < 4.78 is 4.16. The summed E-state index contributed by atoms with van der Waals surface area (Å²) in [5.74, 6) is 1.11. The van der Waals surface area contributed by atoms with Gasteiger partial charge in [0.15, 0.2) is 0 Å². The Morgan fingerprint density at radius 2 is 2.10 bits per heavy atom. The van der Waals surface area contributed by atoms with Gasteiger partial charge in [0.05, 0.1) is 23.3 Å². The van der Waals surface area contributed by atoms with E-state index in [1.165, 1.54) is 5.69 Å². The number of nitrogens with zero attached hydrogens (tertiary/aromatic N) is 4. The first-order chi connectivity index (χ1) is 9.69. The summed E-state index contributed by atoms with van der Waals surface area (Å²) in [5.41, 5.74) is 9.87. The Hall–Kier alpha value is -2.30. The Balaban J connectivity index is 2.11. The molecule has 0 aliphatic heterocycles. The van der Waals surface area contributed by atoms with Crippen LogP contribution in [0.15, 0.2) is 30.5 Å². The highest BCUT2D eigenvalue weighted by Crippen LogP contribution is 2.21. The number of nitrogens with two attached hydrogens (primary N) is 1. The number of fused-ring (bicyclic) bond motifs is 1. The van der Waals surface area contributed by atoms with Gasteiger partial charge in [-0.2, -0.15) is 5.10 Å². The topological polar surface area (TPSA) is 61.7 Å². The van der Waals surface area contributed by atoms with Crippen LogP contribution in [0.1, 0.15) is 24.9 Å². The quantitative estimate of drug-likeness (QED) is 0.740. The van der Waals surface area contributed by atoms with Gasteiger partial charge in [0.1, 0.15) is 5.82 Å². The highest BCUT2D eigenvalue weighted by molar-refractivity contribution is 5.79. The Bertz CT molecular complexity index is 738. The van der Waals surface area contributed by atoms with Crippen molar-refractivity contribution in [3.05, 3.63) is 42.0 Å². The Kier molecular flexibility index (Phi) is 3.18. The molecule has 0 fully saturated rings. The maximum absolute atomic E-state index is 5.85. The maximum atomic E-state index is 5.85. The molecule has 0 radical (unpaired) electrons. The second kappa shape index (κ2) is 5.00. The molecular formula is C15H19N5. The molecule has 104 valence electrons. The Labute approximate surface area is 118 Å². The smallest absolute Gasteiger partial charge is 0.110 e. The number of nitrogen functional groups attached to an aromatic ring is 1. The zero-order chi connectivity index (χ0) is 14.1. The minimum atomic E-state index is 0.755. The second-order valence-corrected chi connectivity index (χ2v) is 5.06. The van der Waals surface area contributed by atoms with Gasteiger partial charge in [0.25, 0.3) is 0 Å². The maximum Gasteiger partial charge on any atom is 0.110 e. The average Bonchev–Trinajstić information content (AvgIpc) is 2.96. The molecule has 1 aromatic carbocycles. The number of aromatic nitrogens is 4. The lowest BCUT2D eigenvalue weighted by Gasteiger charge is -2.09. The summed E-state index contributed by atoms with van der Waals surface area (Å²) in [4.78, 5) is 4.73. The highest BCUT2D eigenvalue weighted by Gasteiger charge is 2.12. The van der Waals surface area contributed by atoms with Crippen molar-refractivity contribution in [3.8, 4) is 0 Å². The molecule has 0 unspecified atom stereocenters. The molecule has 5 heteroatoms. The molecule has 20 heavy (non-hydrogen) atoms. The van der Waals surface area contributed by atoms with Crippen LogP contribution in [0, 0.1) is 0 Å². The first-order valence-electron chi connectivity index (χ1n) is 6.90. The minimum Gasteiger partial charge on any atom is -0.399 e. The molecule has 5 nitrogen and oxygen atoms in total. The molecule has 0 aliphatic carbocycles. The van der Waals surface area contributed by atoms with E-state index in [1.54, 1.807) is 0 Å². The lowest BCUT2D eigenvalue weighted by Crippen LogP contribution is -2.09. The van der Waals surface area contributed by atoms with Gasteiger partial charge < -0.3 is 10.3 Å². The normalized spacial score (nSPS) is 11.3. The predicted octanol–water partition coefficient (Wildman–Crippen LogP) is 2.35. The summed E-state index contributed by atoms with van der Waals surface area (Å²) >= 11 is 0. The molecule has 0 aliphatic rings. The third kappa shape index (κ3) is 2.15. The monoisotopic (exact) mass is 269 g/mol. The molecule has 0 saturated carbocycles. The first kappa shape index (κ1) is 12.7. The average molecular weight is 269 g/mol. The van der Waals surface area contributed by atoms with Crippen molar-refractivity contribution in [2.24, 2.45) is 7.05 Å². The van der Waals surface area contributed by atoms with Crippen LogP contribution in [0.2, 0.25) is 0 Å². The zero-order valence-electron chi connectivity index (χ0n) is 11.9. The van der Waals surface area contributed by atoms with E-state index in [2.05, 4.69) is 16.6 Å². The highest BCUT2D eigenvalue weighted by atomic mass is 15.3. The van der Waals surface area contributed by atoms with Gasteiger partial charge in [-0.25, -0.2) is 4.98 Å². The first-order valence-corrected chi connectivity index (χ1v) is 6.90.